The van der Waals surface area contributed by atoms with Crippen LogP contribution in [-0.2, 0) is 26.3 Å². The van der Waals surface area contributed by atoms with Crippen LogP contribution in [0.5, 0.6) is 0 Å². The standard InChI is InChI=1S/C15H20N2O5S2/c1-10-7-12-8-11(3-4-14(12)17(10)23(2,19)20)15(18)16-13-5-6-24(21,22)9-13/h3-4,8,10,13H,5-7,9H2,1-2H3,(H,16,18)/t10-,13-/m0/s1. The molecule has 0 bridgehead atoms. The number of carbonyl (C=O) groups is 1. The first-order chi connectivity index (χ1) is 11.1. The summed E-state index contributed by atoms with van der Waals surface area (Å²) in [5, 5.41) is 2.74. The zero-order valence-electron chi connectivity index (χ0n) is 13.5. The Hall–Kier alpha value is -1.61. The minimum Gasteiger partial charge on any atom is -0.348 e. The van der Waals surface area contributed by atoms with Crippen LogP contribution >= 0.6 is 0 Å². The average molecular weight is 372 g/mol. The van der Waals surface area contributed by atoms with Crippen molar-refractivity contribution in [3.8, 4) is 0 Å². The lowest BCUT2D eigenvalue weighted by Crippen LogP contribution is -2.35. The number of benzene rings is 1. The normalized spacial score (nSPS) is 25.5. The number of sulfonamides is 1. The van der Waals surface area contributed by atoms with Crippen molar-refractivity contribution in [1.29, 1.82) is 0 Å². The summed E-state index contributed by atoms with van der Waals surface area (Å²) in [5.41, 5.74) is 1.82. The van der Waals surface area contributed by atoms with Gasteiger partial charge in [-0.05, 0) is 43.5 Å². The molecule has 1 saturated heterocycles. The highest BCUT2D eigenvalue weighted by molar-refractivity contribution is 7.92. The topological polar surface area (TPSA) is 101 Å². The maximum atomic E-state index is 12.3. The predicted octanol–water partition coefficient (Wildman–Crippen LogP) is 0.314. The van der Waals surface area contributed by atoms with Crippen molar-refractivity contribution in [2.24, 2.45) is 0 Å². The van der Waals surface area contributed by atoms with Crippen LogP contribution in [0.4, 0.5) is 5.69 Å². The van der Waals surface area contributed by atoms with Gasteiger partial charge in [0.25, 0.3) is 5.91 Å². The Morgan fingerprint density at radius 3 is 2.62 bits per heavy atom. The lowest BCUT2D eigenvalue weighted by atomic mass is 10.1. The molecule has 2 heterocycles. The zero-order chi connectivity index (χ0) is 17.7. The average Bonchev–Trinajstić information content (AvgIpc) is 2.95. The molecule has 1 aromatic carbocycles. The number of amides is 1. The fraction of sp³-hybridized carbons (Fsp3) is 0.533. The van der Waals surface area contributed by atoms with Crippen LogP contribution in [0.3, 0.4) is 0 Å². The number of anilines is 1. The molecule has 0 aromatic heterocycles. The molecule has 24 heavy (non-hydrogen) atoms. The Balaban J connectivity index is 1.80. The van der Waals surface area contributed by atoms with Gasteiger partial charge in [-0.1, -0.05) is 0 Å². The van der Waals surface area contributed by atoms with Crippen LogP contribution in [0.15, 0.2) is 18.2 Å². The zero-order valence-corrected chi connectivity index (χ0v) is 15.2. The first kappa shape index (κ1) is 17.2. The molecule has 3 rings (SSSR count). The SMILES string of the molecule is C[C@H]1Cc2cc(C(=O)N[C@H]3CCS(=O)(=O)C3)ccc2N1S(C)(=O)=O. The van der Waals surface area contributed by atoms with E-state index in [1.54, 1.807) is 18.2 Å². The lowest BCUT2D eigenvalue weighted by molar-refractivity contribution is 0.0941. The van der Waals surface area contributed by atoms with E-state index in [2.05, 4.69) is 5.32 Å². The molecule has 7 nitrogen and oxygen atoms in total. The third-order valence-corrected chi connectivity index (χ3v) is 7.46. The van der Waals surface area contributed by atoms with E-state index >= 15 is 0 Å². The number of hydrogen-bond acceptors (Lipinski definition) is 5. The number of carbonyl (C=O) groups excluding carboxylic acids is 1. The van der Waals surface area contributed by atoms with Gasteiger partial charge in [0.2, 0.25) is 10.0 Å². The predicted molar refractivity (Wildman–Crippen MR) is 91.5 cm³/mol. The molecule has 1 fully saturated rings. The Morgan fingerprint density at radius 2 is 2.04 bits per heavy atom. The number of rotatable bonds is 3. The van der Waals surface area contributed by atoms with E-state index in [0.717, 1.165) is 5.56 Å². The molecule has 9 heteroatoms. The molecular formula is C15H20N2O5S2. The summed E-state index contributed by atoms with van der Waals surface area (Å²) in [6.45, 7) is 1.82. The van der Waals surface area contributed by atoms with Crippen molar-refractivity contribution in [2.45, 2.75) is 31.8 Å². The fourth-order valence-electron chi connectivity index (χ4n) is 3.43. The quantitative estimate of drug-likeness (QED) is 0.823. The molecule has 132 valence electrons. The molecule has 0 spiro atoms. The highest BCUT2D eigenvalue weighted by atomic mass is 32.2. The van der Waals surface area contributed by atoms with Gasteiger partial charge in [-0.25, -0.2) is 16.8 Å². The van der Waals surface area contributed by atoms with Crippen molar-refractivity contribution in [1.82, 2.24) is 5.32 Å². The molecule has 1 N–H and O–H groups in total. The molecule has 2 aliphatic rings. The van der Waals surface area contributed by atoms with Gasteiger partial charge in [-0.2, -0.15) is 0 Å². The number of nitrogens with zero attached hydrogens (tertiary/aromatic N) is 1. The monoisotopic (exact) mass is 372 g/mol. The van der Waals surface area contributed by atoms with Crippen molar-refractivity contribution in [2.75, 3.05) is 22.1 Å². The minimum atomic E-state index is -3.36. The van der Waals surface area contributed by atoms with Crippen LogP contribution < -0.4 is 9.62 Å². The third kappa shape index (κ3) is 3.27. The highest BCUT2D eigenvalue weighted by Gasteiger charge is 2.33. The van der Waals surface area contributed by atoms with Crippen molar-refractivity contribution < 1.29 is 21.6 Å². The maximum absolute atomic E-state index is 12.3. The lowest BCUT2D eigenvalue weighted by Gasteiger charge is -2.22. The second-order valence-electron chi connectivity index (χ2n) is 6.53. The summed E-state index contributed by atoms with van der Waals surface area (Å²) in [5.74, 6) is -0.253. The maximum Gasteiger partial charge on any atom is 0.251 e. The van der Waals surface area contributed by atoms with Gasteiger partial charge < -0.3 is 5.32 Å². The van der Waals surface area contributed by atoms with Gasteiger partial charge >= 0.3 is 0 Å². The van der Waals surface area contributed by atoms with Gasteiger partial charge in [-0.3, -0.25) is 9.10 Å². The van der Waals surface area contributed by atoms with E-state index in [4.69, 9.17) is 0 Å². The first-order valence-corrected chi connectivity index (χ1v) is 11.4. The summed E-state index contributed by atoms with van der Waals surface area (Å²) in [6.07, 6.45) is 2.14. The van der Waals surface area contributed by atoms with Crippen LogP contribution in [0, 0.1) is 0 Å². The van der Waals surface area contributed by atoms with Gasteiger partial charge in [0.1, 0.15) is 0 Å². The van der Waals surface area contributed by atoms with E-state index in [9.17, 15) is 21.6 Å². The molecule has 2 atom stereocenters. The van der Waals surface area contributed by atoms with Gasteiger partial charge in [0.15, 0.2) is 9.84 Å². The second kappa shape index (κ2) is 5.73. The smallest absolute Gasteiger partial charge is 0.251 e. The Labute approximate surface area is 142 Å². The molecule has 1 amide bonds. The van der Waals surface area contributed by atoms with E-state index < -0.39 is 19.9 Å². The van der Waals surface area contributed by atoms with Crippen LogP contribution in [0.25, 0.3) is 0 Å². The molecule has 2 aliphatic heterocycles. The largest absolute Gasteiger partial charge is 0.348 e. The number of fused-ring (bicyclic) bond motifs is 1. The van der Waals surface area contributed by atoms with Crippen LogP contribution in [-0.4, -0.2) is 52.6 Å². The third-order valence-electron chi connectivity index (χ3n) is 4.42. The highest BCUT2D eigenvalue weighted by Crippen LogP contribution is 2.34. The van der Waals surface area contributed by atoms with Gasteiger partial charge in [0, 0.05) is 17.6 Å². The van der Waals surface area contributed by atoms with Crippen LogP contribution in [0.1, 0.15) is 29.3 Å². The number of sulfone groups is 1. The Kier molecular flexibility index (Phi) is 4.11. The van der Waals surface area contributed by atoms with E-state index in [-0.39, 0.29) is 29.5 Å². The van der Waals surface area contributed by atoms with Crippen molar-refractivity contribution in [3.05, 3.63) is 29.3 Å². The number of nitrogens with one attached hydrogen (secondary N) is 1. The first-order valence-electron chi connectivity index (χ1n) is 7.70. The Bertz CT molecular complexity index is 892. The van der Waals surface area contributed by atoms with Gasteiger partial charge in [-0.15, -0.1) is 0 Å². The van der Waals surface area contributed by atoms with Gasteiger partial charge in [0.05, 0.1) is 23.4 Å². The summed E-state index contributed by atoms with van der Waals surface area (Å²) < 4.78 is 48.1. The van der Waals surface area contributed by atoms with E-state index in [1.165, 1.54) is 10.6 Å². The summed E-state index contributed by atoms with van der Waals surface area (Å²) >= 11 is 0. The molecule has 0 unspecified atom stereocenters. The Morgan fingerprint density at radius 1 is 1.33 bits per heavy atom. The van der Waals surface area contributed by atoms with Crippen LogP contribution in [0.2, 0.25) is 0 Å². The van der Waals surface area contributed by atoms with E-state index in [1.807, 2.05) is 6.92 Å². The second-order valence-corrected chi connectivity index (χ2v) is 10.6. The van der Waals surface area contributed by atoms with E-state index in [0.29, 0.717) is 24.1 Å². The van der Waals surface area contributed by atoms with Crippen molar-refractivity contribution in [3.63, 3.8) is 0 Å². The summed E-state index contributed by atoms with van der Waals surface area (Å²) in [4.78, 5) is 12.3. The molecule has 1 aromatic rings. The molecule has 0 saturated carbocycles. The molecular weight excluding hydrogens is 352 g/mol. The minimum absolute atomic E-state index is 0.0252. The summed E-state index contributed by atoms with van der Waals surface area (Å²) in [7, 11) is -6.42. The fourth-order valence-corrected chi connectivity index (χ4v) is 6.36. The summed E-state index contributed by atoms with van der Waals surface area (Å²) in [6, 6.07) is 4.36. The molecule has 0 aliphatic carbocycles. The molecule has 0 radical (unpaired) electrons. The van der Waals surface area contributed by atoms with Crippen molar-refractivity contribution >= 4 is 31.5 Å². The number of hydrogen-bond donors (Lipinski definition) is 1.